The normalized spacial score (nSPS) is 11.5. The number of nitrogens with zero attached hydrogens (tertiary/aromatic N) is 5. The third kappa shape index (κ3) is 6.51. The largest absolute Gasteiger partial charge is 0.308 e. The molecule has 5 heteroatoms. The molecule has 0 aliphatic carbocycles. The smallest absolute Gasteiger partial charge is 0.257 e. The van der Waals surface area contributed by atoms with E-state index in [1.165, 1.54) is 38.6 Å². The summed E-state index contributed by atoms with van der Waals surface area (Å²) in [4.78, 5) is 7.39. The fourth-order valence-electron chi connectivity index (χ4n) is 10.2. The van der Waals surface area contributed by atoms with Crippen LogP contribution >= 0.6 is 0 Å². The van der Waals surface area contributed by atoms with E-state index in [1.807, 2.05) is 4.79 Å². The van der Waals surface area contributed by atoms with Gasteiger partial charge in [0, 0.05) is 48.6 Å². The Kier molecular flexibility index (Phi) is 9.43. The summed E-state index contributed by atoms with van der Waals surface area (Å²) in [7, 11) is 0. The van der Waals surface area contributed by atoms with E-state index in [-0.39, 0.29) is 0 Å². The van der Waals surface area contributed by atoms with Crippen molar-refractivity contribution >= 4 is 43.6 Å². The zero-order valence-corrected chi connectivity index (χ0v) is 37.0. The number of benzene rings is 10. The molecule has 0 saturated heterocycles. The third-order valence-corrected chi connectivity index (χ3v) is 13.3. The molecular weight excluding hydrogens is 827 g/mol. The molecule has 10 aromatic carbocycles. The second-order valence-corrected chi connectivity index (χ2v) is 17.2. The van der Waals surface area contributed by atoms with Gasteiger partial charge < -0.3 is 4.57 Å². The molecule has 0 atom stereocenters. The lowest BCUT2D eigenvalue weighted by Crippen LogP contribution is -2.46. The molecule has 68 heavy (non-hydrogen) atoms. The molecule has 3 heterocycles. The molecule has 0 saturated carbocycles. The average molecular weight is 869 g/mol. The maximum Gasteiger partial charge on any atom is 0.257 e. The van der Waals surface area contributed by atoms with Crippen LogP contribution in [0.4, 0.5) is 0 Å². The first kappa shape index (κ1) is 39.2. The van der Waals surface area contributed by atoms with Gasteiger partial charge in [-0.1, -0.05) is 229 Å². The summed E-state index contributed by atoms with van der Waals surface area (Å²) in [5, 5.41) is 10.2. The van der Waals surface area contributed by atoms with Gasteiger partial charge in [0.1, 0.15) is 16.7 Å². The summed E-state index contributed by atoms with van der Waals surface area (Å²) >= 11 is 0. The van der Waals surface area contributed by atoms with Gasteiger partial charge in [0.25, 0.3) is 6.20 Å². The summed E-state index contributed by atoms with van der Waals surface area (Å²) in [6, 6.07) is 88.6. The number of hydrogen-bond acceptors (Lipinski definition) is 2. The van der Waals surface area contributed by atoms with Crippen LogP contribution < -0.4 is 4.79 Å². The third-order valence-electron chi connectivity index (χ3n) is 13.3. The van der Waals surface area contributed by atoms with Crippen LogP contribution in [0.15, 0.2) is 255 Å². The van der Waals surface area contributed by atoms with Crippen LogP contribution in [0.2, 0.25) is 0 Å². The van der Waals surface area contributed by atoms with Crippen LogP contribution in [0.3, 0.4) is 0 Å². The van der Waals surface area contributed by atoms with Crippen LogP contribution in [0.25, 0.3) is 116 Å². The number of fused-ring (bicyclic) bond motifs is 7. The molecule has 0 spiro atoms. The van der Waals surface area contributed by atoms with Crippen molar-refractivity contribution in [1.29, 1.82) is 0 Å². The first-order chi connectivity index (χ1) is 33.8. The minimum absolute atomic E-state index is 0.628. The Bertz CT molecular complexity index is 3930. The molecule has 318 valence electrons. The summed E-state index contributed by atoms with van der Waals surface area (Å²) in [5.41, 5.74) is 17.4. The number of hydrogen-bond donors (Lipinski definition) is 0. The molecule has 3 aromatic heterocycles. The van der Waals surface area contributed by atoms with Crippen LogP contribution in [0.1, 0.15) is 0 Å². The molecule has 0 bridgehead atoms. The molecule has 0 fully saturated rings. The van der Waals surface area contributed by atoms with Crippen molar-refractivity contribution in [2.24, 2.45) is 0 Å². The quantitative estimate of drug-likeness (QED) is 0.143. The number of rotatable bonds is 8. The Hall–Kier alpha value is -9.19. The molecule has 0 aliphatic rings. The highest BCUT2D eigenvalue weighted by atomic mass is 15.6. The number of aromatic nitrogens is 5. The molecule has 0 radical (unpaired) electrons. The first-order valence-electron chi connectivity index (χ1n) is 23.1. The van der Waals surface area contributed by atoms with Crippen LogP contribution in [0.5, 0.6) is 0 Å². The minimum Gasteiger partial charge on any atom is -0.308 e. The lowest BCUT2D eigenvalue weighted by atomic mass is 9.95. The minimum atomic E-state index is 0.628. The van der Waals surface area contributed by atoms with Gasteiger partial charge in [0.2, 0.25) is 5.82 Å². The molecule has 0 unspecified atom stereocenters. The summed E-state index contributed by atoms with van der Waals surface area (Å²) in [5.74, 6) is 0.628. The average Bonchev–Trinajstić information content (AvgIpc) is 3.94. The van der Waals surface area contributed by atoms with Gasteiger partial charge in [-0.2, -0.15) is 0 Å². The van der Waals surface area contributed by atoms with E-state index >= 15 is 0 Å². The van der Waals surface area contributed by atoms with Crippen LogP contribution in [0, 0.1) is 0 Å². The summed E-state index contributed by atoms with van der Waals surface area (Å²) in [6.45, 7) is 0. The fraction of sp³-hybridized carbons (Fsp3) is 0. The van der Waals surface area contributed by atoms with Gasteiger partial charge in [0.05, 0.1) is 21.8 Å². The van der Waals surface area contributed by atoms with E-state index in [0.29, 0.717) is 5.82 Å². The predicted octanol–water partition coefficient (Wildman–Crippen LogP) is 15.3. The Morgan fingerprint density at radius 1 is 0.309 bits per heavy atom. The monoisotopic (exact) mass is 868 g/mol. The summed E-state index contributed by atoms with van der Waals surface area (Å²) in [6.07, 6.45) is 2.08. The van der Waals surface area contributed by atoms with E-state index in [9.17, 15) is 0 Å². The fourth-order valence-corrected chi connectivity index (χ4v) is 10.2. The van der Waals surface area contributed by atoms with Crippen molar-refractivity contribution < 1.29 is 4.79 Å². The van der Waals surface area contributed by atoms with Gasteiger partial charge in [-0.3, -0.25) is 0 Å². The molecule has 13 aromatic rings. The first-order valence-corrected chi connectivity index (χ1v) is 23.1. The van der Waals surface area contributed by atoms with Gasteiger partial charge in [-0.25, -0.2) is 4.98 Å². The Morgan fingerprint density at radius 3 is 1.38 bits per heavy atom. The maximum atomic E-state index is 5.47. The highest BCUT2D eigenvalue weighted by molar-refractivity contribution is 6.28. The van der Waals surface area contributed by atoms with Crippen LogP contribution in [-0.4, -0.2) is 19.3 Å². The van der Waals surface area contributed by atoms with E-state index in [1.54, 1.807) is 0 Å². The van der Waals surface area contributed by atoms with Crippen molar-refractivity contribution in [3.63, 3.8) is 0 Å². The molecular formula is C63H42N5+. The summed E-state index contributed by atoms with van der Waals surface area (Å²) < 4.78 is 4.76. The predicted molar refractivity (Wildman–Crippen MR) is 279 cm³/mol. The SMILES string of the molecule is c1ccc(-c2ccc(-c3c[n+](-n4c5ccccc5c5c6c7ccccc7n(-c7c(-c8ccccc8)cccc7-c7ccccc7)c6ccc54)nc(-c4ccccc4-c4ccccc4)n3)cc2)cc1. The van der Waals surface area contributed by atoms with Crippen molar-refractivity contribution in [2.75, 3.05) is 0 Å². The van der Waals surface area contributed by atoms with Crippen molar-refractivity contribution in [3.8, 4) is 72.8 Å². The van der Waals surface area contributed by atoms with Gasteiger partial charge >= 0.3 is 0 Å². The highest BCUT2D eigenvalue weighted by Crippen LogP contribution is 2.45. The van der Waals surface area contributed by atoms with Gasteiger partial charge in [0.15, 0.2) is 0 Å². The Morgan fingerprint density at radius 2 is 0.750 bits per heavy atom. The van der Waals surface area contributed by atoms with Crippen molar-refractivity contribution in [2.45, 2.75) is 0 Å². The number of para-hydroxylation sites is 3. The maximum absolute atomic E-state index is 5.47. The van der Waals surface area contributed by atoms with Gasteiger partial charge in [-0.15, -0.1) is 0 Å². The van der Waals surface area contributed by atoms with Crippen molar-refractivity contribution in [1.82, 2.24) is 19.3 Å². The molecule has 5 nitrogen and oxygen atoms in total. The van der Waals surface area contributed by atoms with E-state index in [0.717, 1.165) is 72.0 Å². The Balaban J connectivity index is 1.10. The lowest BCUT2D eigenvalue weighted by molar-refractivity contribution is -0.775. The van der Waals surface area contributed by atoms with E-state index in [4.69, 9.17) is 10.1 Å². The van der Waals surface area contributed by atoms with E-state index in [2.05, 4.69) is 264 Å². The van der Waals surface area contributed by atoms with Crippen molar-refractivity contribution in [3.05, 3.63) is 255 Å². The zero-order chi connectivity index (χ0) is 45.0. The van der Waals surface area contributed by atoms with Gasteiger partial charge in [-0.05, 0) is 57.6 Å². The molecule has 0 N–H and O–H groups in total. The topological polar surface area (TPSA) is 39.5 Å². The Labute approximate surface area is 393 Å². The molecule has 0 aliphatic heterocycles. The lowest BCUT2D eigenvalue weighted by Gasteiger charge is -2.19. The standard InChI is InChI=1S/C63H42N5/c1-5-20-43(21-6-1)44-36-38-48(39-37-44)55-42-66(65-63(64-55)52-29-14-13-28-49(52)45-22-7-2-8-23-45)68-57-35-18-16-31-54(57)61-59(68)41-40-58-60(61)53-30-15-17-34-56(53)67(58)62-50(46-24-9-3-10-25-46)32-19-33-51(62)47-26-11-4-12-27-47/h1-42H/q+1. The van der Waals surface area contributed by atoms with E-state index < -0.39 is 0 Å². The van der Waals surface area contributed by atoms with Crippen LogP contribution in [-0.2, 0) is 0 Å². The molecule has 0 amide bonds. The second kappa shape index (κ2) is 16.4. The molecule has 13 rings (SSSR count). The second-order valence-electron chi connectivity index (χ2n) is 17.2. The zero-order valence-electron chi connectivity index (χ0n) is 37.0. The highest BCUT2D eigenvalue weighted by Gasteiger charge is 2.28.